The Morgan fingerprint density at radius 2 is 1.57 bits per heavy atom. The zero-order valence-corrected chi connectivity index (χ0v) is 22.0. The van der Waals surface area contributed by atoms with Crippen molar-refractivity contribution in [1.82, 2.24) is 10.3 Å². The number of hydrogen-bond acceptors (Lipinski definition) is 4. The van der Waals surface area contributed by atoms with Gasteiger partial charge in [0.2, 0.25) is 0 Å². The zero-order valence-electron chi connectivity index (χ0n) is 21.2. The van der Waals surface area contributed by atoms with Gasteiger partial charge >= 0.3 is 0 Å². The number of rotatable bonds is 9. The number of anilines is 1. The first-order valence-electron chi connectivity index (χ1n) is 12.4. The van der Waals surface area contributed by atoms with Gasteiger partial charge in [0.25, 0.3) is 11.8 Å². The first kappa shape index (κ1) is 26.6. The van der Waals surface area contributed by atoms with Gasteiger partial charge in [0, 0.05) is 44.4 Å². The molecule has 1 heterocycles. The molecule has 198 valence electrons. The summed E-state index contributed by atoms with van der Waals surface area (Å²) in [5.41, 5.74) is 3.08. The van der Waals surface area contributed by atoms with Crippen molar-refractivity contribution in [2.45, 2.75) is 4.90 Å². The summed E-state index contributed by atoms with van der Waals surface area (Å²) in [4.78, 5) is 42.8. The van der Waals surface area contributed by atoms with Crippen molar-refractivity contribution in [3.8, 4) is 0 Å². The number of amides is 2. The number of para-hydroxylation sites is 1. The van der Waals surface area contributed by atoms with Gasteiger partial charge in [0.1, 0.15) is 11.5 Å². The van der Waals surface area contributed by atoms with E-state index >= 15 is 0 Å². The summed E-state index contributed by atoms with van der Waals surface area (Å²) in [7, 11) is 0. The molecule has 8 heteroatoms. The van der Waals surface area contributed by atoms with Crippen LogP contribution in [0.15, 0.2) is 120 Å². The smallest absolute Gasteiger partial charge is 0.272 e. The molecule has 4 aromatic carbocycles. The Labute approximate surface area is 234 Å². The zero-order chi connectivity index (χ0) is 27.9. The van der Waals surface area contributed by atoms with Gasteiger partial charge in [-0.2, -0.15) is 0 Å². The normalized spacial score (nSPS) is 11.3. The molecule has 0 aliphatic heterocycles. The number of nitrogens with one attached hydrogen (secondary N) is 3. The van der Waals surface area contributed by atoms with Gasteiger partial charge in [-0.25, -0.2) is 4.39 Å². The number of fused-ring (bicyclic) bond motifs is 1. The summed E-state index contributed by atoms with van der Waals surface area (Å²) < 4.78 is 13.2. The van der Waals surface area contributed by atoms with Crippen LogP contribution in [0.1, 0.15) is 26.3 Å². The van der Waals surface area contributed by atoms with Crippen LogP contribution in [0.4, 0.5) is 10.1 Å². The second kappa shape index (κ2) is 12.3. The lowest BCUT2D eigenvalue weighted by molar-refractivity contribution is -0.113. The lowest BCUT2D eigenvalue weighted by atomic mass is 10.1. The van der Waals surface area contributed by atoms with Crippen molar-refractivity contribution < 1.29 is 18.8 Å². The van der Waals surface area contributed by atoms with Crippen molar-refractivity contribution in [1.29, 1.82) is 0 Å². The Hall–Kier alpha value is -4.95. The number of ketones is 1. The van der Waals surface area contributed by atoms with Crippen molar-refractivity contribution in [2.75, 3.05) is 11.1 Å². The maximum Gasteiger partial charge on any atom is 0.272 e. The number of aromatic nitrogens is 1. The van der Waals surface area contributed by atoms with Crippen molar-refractivity contribution >= 4 is 52.0 Å². The summed E-state index contributed by atoms with van der Waals surface area (Å²) in [5.74, 6) is -1.29. The van der Waals surface area contributed by atoms with Crippen LogP contribution in [-0.4, -0.2) is 28.3 Å². The molecular weight excluding hydrogens is 525 g/mol. The highest BCUT2D eigenvalue weighted by atomic mass is 32.2. The molecule has 2 amide bonds. The summed E-state index contributed by atoms with van der Waals surface area (Å²) in [6.45, 7) is 0. The van der Waals surface area contributed by atoms with Gasteiger partial charge in [-0.3, -0.25) is 14.4 Å². The van der Waals surface area contributed by atoms with E-state index in [1.807, 2.05) is 36.4 Å². The quantitative estimate of drug-likeness (QED) is 0.109. The van der Waals surface area contributed by atoms with Gasteiger partial charge in [-0.05, 0) is 66.7 Å². The minimum atomic E-state index is -0.501. The molecule has 1 aromatic heterocycles. The molecule has 0 spiro atoms. The highest BCUT2D eigenvalue weighted by molar-refractivity contribution is 8.00. The number of H-pyrrole nitrogens is 1. The third kappa shape index (κ3) is 6.54. The van der Waals surface area contributed by atoms with E-state index in [0.717, 1.165) is 21.4 Å². The molecule has 5 rings (SSSR count). The number of carbonyl (C=O) groups excluding carboxylic acids is 3. The first-order chi connectivity index (χ1) is 19.5. The summed E-state index contributed by atoms with van der Waals surface area (Å²) >= 11 is 1.31. The molecule has 0 aliphatic rings. The van der Waals surface area contributed by atoms with Crippen LogP contribution in [0.5, 0.6) is 0 Å². The Kier molecular flexibility index (Phi) is 8.18. The molecule has 0 radical (unpaired) electrons. The van der Waals surface area contributed by atoms with E-state index in [-0.39, 0.29) is 17.2 Å². The fraction of sp³-hybridized carbons (Fsp3) is 0.0312. The Balaban J connectivity index is 1.34. The average Bonchev–Trinajstić information content (AvgIpc) is 3.39. The largest absolute Gasteiger partial charge is 0.361 e. The average molecular weight is 550 g/mol. The van der Waals surface area contributed by atoms with E-state index in [1.54, 1.807) is 54.7 Å². The molecule has 0 aliphatic carbocycles. The minimum absolute atomic E-state index is 0.0724. The van der Waals surface area contributed by atoms with E-state index in [9.17, 15) is 18.8 Å². The number of halogens is 1. The second-order valence-electron chi connectivity index (χ2n) is 8.87. The third-order valence-corrected chi connectivity index (χ3v) is 7.07. The van der Waals surface area contributed by atoms with Gasteiger partial charge in [-0.15, -0.1) is 11.8 Å². The number of benzene rings is 4. The SMILES string of the molecule is O=C(Nc1cccc(SCC(=O)c2ccc(F)cc2)c1)/C(=C/c1c[nH]c2ccccc12)NC(=O)c1ccccc1. The number of Topliss-reactive ketones (excluding diaryl/α,β-unsaturated/α-hetero) is 1. The third-order valence-electron chi connectivity index (χ3n) is 6.08. The van der Waals surface area contributed by atoms with Crippen LogP contribution in [0.2, 0.25) is 0 Å². The van der Waals surface area contributed by atoms with Crippen LogP contribution in [0.25, 0.3) is 17.0 Å². The summed E-state index contributed by atoms with van der Waals surface area (Å²) in [5, 5.41) is 6.51. The molecule has 0 bridgehead atoms. The molecular formula is C32H24FN3O3S. The van der Waals surface area contributed by atoms with Crippen molar-refractivity contribution in [3.05, 3.63) is 138 Å². The molecule has 0 unspecified atom stereocenters. The summed E-state index contributed by atoms with van der Waals surface area (Å²) in [6.07, 6.45) is 3.41. The maximum absolute atomic E-state index is 13.4. The molecule has 6 nitrogen and oxygen atoms in total. The highest BCUT2D eigenvalue weighted by Gasteiger charge is 2.16. The maximum atomic E-state index is 13.4. The summed E-state index contributed by atoms with van der Waals surface area (Å²) in [6, 6.07) is 28.8. The topological polar surface area (TPSA) is 91.1 Å². The van der Waals surface area contributed by atoms with Gasteiger partial charge < -0.3 is 15.6 Å². The van der Waals surface area contributed by atoms with Crippen molar-refractivity contribution in [2.24, 2.45) is 0 Å². The van der Waals surface area contributed by atoms with E-state index in [4.69, 9.17) is 0 Å². The Morgan fingerprint density at radius 1 is 0.825 bits per heavy atom. The van der Waals surface area contributed by atoms with Gasteiger partial charge in [0.05, 0.1) is 5.75 Å². The van der Waals surface area contributed by atoms with Crippen molar-refractivity contribution in [3.63, 3.8) is 0 Å². The Bertz CT molecular complexity index is 1710. The Morgan fingerprint density at radius 3 is 2.38 bits per heavy atom. The second-order valence-corrected chi connectivity index (χ2v) is 9.92. The van der Waals surface area contributed by atoms with E-state index in [2.05, 4.69) is 15.6 Å². The molecule has 5 aromatic rings. The van der Waals surface area contributed by atoms with Crippen LogP contribution in [0.3, 0.4) is 0 Å². The predicted molar refractivity (Wildman–Crippen MR) is 157 cm³/mol. The number of hydrogen-bond donors (Lipinski definition) is 3. The molecule has 0 fully saturated rings. The number of carbonyl (C=O) groups is 3. The molecule has 0 saturated heterocycles. The minimum Gasteiger partial charge on any atom is -0.361 e. The lowest BCUT2D eigenvalue weighted by Gasteiger charge is -2.12. The number of aromatic amines is 1. The van der Waals surface area contributed by atoms with Crippen LogP contribution in [-0.2, 0) is 4.79 Å². The van der Waals surface area contributed by atoms with E-state index < -0.39 is 17.6 Å². The number of thioether (sulfide) groups is 1. The fourth-order valence-electron chi connectivity index (χ4n) is 4.04. The standard InChI is InChI=1S/C32H24FN3O3S/c33-24-15-13-21(14-16-24)30(37)20-40-26-10-6-9-25(18-26)35-32(39)29(36-31(38)22-7-2-1-3-8-22)17-23-19-34-28-12-5-4-11-27(23)28/h1-19,34H,20H2,(H,35,39)(H,36,38)/b29-17-. The molecule has 0 saturated carbocycles. The predicted octanol–water partition coefficient (Wildman–Crippen LogP) is 6.69. The lowest BCUT2D eigenvalue weighted by Crippen LogP contribution is -2.30. The highest BCUT2D eigenvalue weighted by Crippen LogP contribution is 2.24. The molecule has 3 N–H and O–H groups in total. The van der Waals surface area contributed by atoms with E-state index in [1.165, 1.54) is 36.0 Å². The van der Waals surface area contributed by atoms with Gasteiger partial charge in [-0.1, -0.05) is 42.5 Å². The van der Waals surface area contributed by atoms with E-state index in [0.29, 0.717) is 16.8 Å². The van der Waals surface area contributed by atoms with Crippen LogP contribution < -0.4 is 10.6 Å². The first-order valence-corrected chi connectivity index (χ1v) is 13.4. The monoisotopic (exact) mass is 549 g/mol. The van der Waals surface area contributed by atoms with Crippen LogP contribution >= 0.6 is 11.8 Å². The van der Waals surface area contributed by atoms with Gasteiger partial charge in [0.15, 0.2) is 5.78 Å². The van der Waals surface area contributed by atoms with Crippen LogP contribution in [0, 0.1) is 5.82 Å². The molecule has 40 heavy (non-hydrogen) atoms. The fourth-order valence-corrected chi connectivity index (χ4v) is 4.89. The molecule has 0 atom stereocenters.